The van der Waals surface area contributed by atoms with Crippen LogP contribution in [0.15, 0.2) is 66.4 Å². The third kappa shape index (κ3) is 3.04. The number of halogens is 1. The molecule has 5 nitrogen and oxygen atoms in total. The highest BCUT2D eigenvalue weighted by atomic mass is 35.5. The van der Waals surface area contributed by atoms with E-state index in [2.05, 4.69) is 0 Å². The molecule has 0 amide bonds. The van der Waals surface area contributed by atoms with Crippen molar-refractivity contribution in [2.24, 2.45) is 0 Å². The third-order valence-corrected chi connectivity index (χ3v) is 5.55. The highest BCUT2D eigenvalue weighted by Crippen LogP contribution is 2.49. The molecule has 6 heteroatoms. The van der Waals surface area contributed by atoms with Crippen LogP contribution in [0.3, 0.4) is 0 Å². The number of carbonyl (C=O) groups is 2. The van der Waals surface area contributed by atoms with E-state index in [9.17, 15) is 14.7 Å². The van der Waals surface area contributed by atoms with E-state index in [1.165, 1.54) is 6.07 Å². The molecule has 0 saturated carbocycles. The number of rotatable bonds is 2. The van der Waals surface area contributed by atoms with Crippen molar-refractivity contribution >= 4 is 29.4 Å². The van der Waals surface area contributed by atoms with Gasteiger partial charge in [0.1, 0.15) is 17.2 Å². The molecule has 5 rings (SSSR count). The smallest absolute Gasteiger partial charge is 0.312 e. The van der Waals surface area contributed by atoms with Crippen LogP contribution in [-0.2, 0) is 4.79 Å². The fraction of sp³-hybridized carbons (Fsp3) is 0.0833. The maximum absolute atomic E-state index is 12.9. The van der Waals surface area contributed by atoms with Crippen LogP contribution in [0.5, 0.6) is 17.2 Å². The van der Waals surface area contributed by atoms with E-state index in [0.29, 0.717) is 22.6 Å². The Morgan fingerprint density at radius 2 is 1.80 bits per heavy atom. The lowest BCUT2D eigenvalue weighted by molar-refractivity contribution is -0.135. The summed E-state index contributed by atoms with van der Waals surface area (Å²) in [6, 6.07) is 17.4. The van der Waals surface area contributed by atoms with Gasteiger partial charge in [0.15, 0.2) is 5.76 Å². The van der Waals surface area contributed by atoms with E-state index in [4.69, 9.17) is 21.1 Å². The molecule has 0 bridgehead atoms. The Morgan fingerprint density at radius 1 is 1.00 bits per heavy atom. The van der Waals surface area contributed by atoms with Crippen molar-refractivity contribution in [1.29, 1.82) is 0 Å². The van der Waals surface area contributed by atoms with Crippen LogP contribution in [0.25, 0.3) is 6.08 Å². The van der Waals surface area contributed by atoms with Gasteiger partial charge in [-0.2, -0.15) is 0 Å². The average Bonchev–Trinajstić information content (AvgIpc) is 3.05. The van der Waals surface area contributed by atoms with Crippen LogP contribution in [0.2, 0.25) is 5.02 Å². The third-order valence-electron chi connectivity index (χ3n) is 5.25. The first kappa shape index (κ1) is 18.5. The number of aromatic hydroxyl groups is 1. The van der Waals surface area contributed by atoms with Gasteiger partial charge in [-0.15, -0.1) is 0 Å². The summed E-state index contributed by atoms with van der Waals surface area (Å²) in [7, 11) is 0. The fourth-order valence-electron chi connectivity index (χ4n) is 3.83. The second-order valence-electron chi connectivity index (χ2n) is 7.15. The molecule has 2 aliphatic rings. The molecule has 0 saturated heterocycles. The van der Waals surface area contributed by atoms with Crippen molar-refractivity contribution in [1.82, 2.24) is 0 Å². The van der Waals surface area contributed by atoms with E-state index in [-0.39, 0.29) is 34.7 Å². The SMILES string of the molecule is O=C1C[C@@H](c2ccc(O)c(Cl)c2)c2c(ccc3c2O/C(=C\c2ccccc2)C3=O)O1. The Labute approximate surface area is 177 Å². The summed E-state index contributed by atoms with van der Waals surface area (Å²) in [5.41, 5.74) is 2.61. The summed E-state index contributed by atoms with van der Waals surface area (Å²) in [5, 5.41) is 9.94. The van der Waals surface area contributed by atoms with Crippen molar-refractivity contribution in [3.8, 4) is 17.2 Å². The molecule has 148 valence electrons. The van der Waals surface area contributed by atoms with Gasteiger partial charge < -0.3 is 14.6 Å². The van der Waals surface area contributed by atoms with Crippen LogP contribution in [0.1, 0.15) is 39.4 Å². The fourth-order valence-corrected chi connectivity index (χ4v) is 4.02. The van der Waals surface area contributed by atoms with Crippen LogP contribution >= 0.6 is 11.6 Å². The maximum Gasteiger partial charge on any atom is 0.312 e. The lowest BCUT2D eigenvalue weighted by atomic mass is 9.84. The molecular formula is C24H15ClO5. The van der Waals surface area contributed by atoms with E-state index in [1.807, 2.05) is 30.3 Å². The van der Waals surface area contributed by atoms with E-state index >= 15 is 0 Å². The molecule has 0 unspecified atom stereocenters. The number of benzene rings is 3. The van der Waals surface area contributed by atoms with Gasteiger partial charge in [-0.1, -0.05) is 48.0 Å². The lowest BCUT2D eigenvalue weighted by Gasteiger charge is -2.26. The summed E-state index contributed by atoms with van der Waals surface area (Å²) in [5.74, 6) is -0.120. The standard InChI is InChI=1S/C24H15ClO5/c25-17-11-14(6-8-18(17)26)16-12-21(27)29-19-9-7-15-23(28)20(30-24(15)22(16)19)10-13-4-2-1-3-5-13/h1-11,16,26H,12H2/b20-10-/t16-/m0/s1. The van der Waals surface area contributed by atoms with Gasteiger partial charge >= 0.3 is 5.97 Å². The minimum atomic E-state index is -0.418. The number of ketones is 1. The van der Waals surface area contributed by atoms with Gasteiger partial charge in [-0.25, -0.2) is 0 Å². The normalized spacial score (nSPS) is 18.6. The largest absolute Gasteiger partial charge is 0.506 e. The highest BCUT2D eigenvalue weighted by molar-refractivity contribution is 6.32. The van der Waals surface area contributed by atoms with Gasteiger partial charge in [0.05, 0.1) is 17.0 Å². The number of phenolic OH excluding ortho intramolecular Hbond substituents is 1. The zero-order valence-electron chi connectivity index (χ0n) is 15.6. The quantitative estimate of drug-likeness (QED) is 0.356. The molecular weight excluding hydrogens is 404 g/mol. The second kappa shape index (κ2) is 7.04. The van der Waals surface area contributed by atoms with Gasteiger partial charge in [0.25, 0.3) is 0 Å². The number of ether oxygens (including phenoxy) is 2. The molecule has 0 radical (unpaired) electrons. The summed E-state index contributed by atoms with van der Waals surface area (Å²) >= 11 is 6.09. The molecule has 3 aromatic carbocycles. The topological polar surface area (TPSA) is 72.8 Å². The van der Waals surface area contributed by atoms with Crippen LogP contribution in [0.4, 0.5) is 0 Å². The predicted molar refractivity (Wildman–Crippen MR) is 111 cm³/mol. The first-order valence-electron chi connectivity index (χ1n) is 9.36. The van der Waals surface area contributed by atoms with Crippen molar-refractivity contribution in [2.75, 3.05) is 0 Å². The van der Waals surface area contributed by atoms with Crippen molar-refractivity contribution in [3.63, 3.8) is 0 Å². The Kier molecular flexibility index (Phi) is 4.33. The van der Waals surface area contributed by atoms with Crippen molar-refractivity contribution in [3.05, 3.63) is 93.7 Å². The Bertz CT molecular complexity index is 1230. The highest BCUT2D eigenvalue weighted by Gasteiger charge is 2.38. The van der Waals surface area contributed by atoms with E-state index in [1.54, 1.807) is 30.3 Å². The average molecular weight is 419 g/mol. The number of esters is 1. The van der Waals surface area contributed by atoms with E-state index < -0.39 is 5.92 Å². The number of carbonyl (C=O) groups excluding carboxylic acids is 2. The summed E-state index contributed by atoms with van der Waals surface area (Å²) in [6.45, 7) is 0. The number of hydrogen-bond acceptors (Lipinski definition) is 5. The molecule has 0 aliphatic carbocycles. The Hall–Kier alpha value is -3.57. The maximum atomic E-state index is 12.9. The molecule has 1 atom stereocenters. The minimum Gasteiger partial charge on any atom is -0.506 e. The molecule has 0 spiro atoms. The summed E-state index contributed by atoms with van der Waals surface area (Å²) in [6.07, 6.45) is 1.76. The molecule has 1 N–H and O–H groups in total. The molecule has 30 heavy (non-hydrogen) atoms. The van der Waals surface area contributed by atoms with Gasteiger partial charge in [0, 0.05) is 11.5 Å². The molecule has 2 heterocycles. The number of allylic oxidation sites excluding steroid dienone is 1. The molecule has 3 aromatic rings. The number of hydrogen-bond donors (Lipinski definition) is 1. The first-order chi connectivity index (χ1) is 14.5. The van der Waals surface area contributed by atoms with Crippen LogP contribution in [-0.4, -0.2) is 16.9 Å². The summed E-state index contributed by atoms with van der Waals surface area (Å²) in [4.78, 5) is 25.1. The number of phenols is 1. The molecule has 0 fully saturated rings. The van der Waals surface area contributed by atoms with Gasteiger partial charge in [-0.05, 0) is 41.5 Å². The Balaban J connectivity index is 1.63. The predicted octanol–water partition coefficient (Wildman–Crippen LogP) is 5.10. The van der Waals surface area contributed by atoms with Gasteiger partial charge in [-0.3, -0.25) is 9.59 Å². The van der Waals surface area contributed by atoms with Crippen LogP contribution in [0, 0.1) is 0 Å². The molecule has 2 aliphatic heterocycles. The van der Waals surface area contributed by atoms with Crippen molar-refractivity contribution < 1.29 is 24.2 Å². The Morgan fingerprint density at radius 3 is 2.57 bits per heavy atom. The van der Waals surface area contributed by atoms with Gasteiger partial charge in [0.2, 0.25) is 5.78 Å². The minimum absolute atomic E-state index is 0.0446. The van der Waals surface area contributed by atoms with E-state index in [0.717, 1.165) is 11.1 Å². The first-order valence-corrected chi connectivity index (χ1v) is 9.74. The van der Waals surface area contributed by atoms with Crippen molar-refractivity contribution in [2.45, 2.75) is 12.3 Å². The molecule has 0 aromatic heterocycles. The van der Waals surface area contributed by atoms with Crippen LogP contribution < -0.4 is 9.47 Å². The lowest BCUT2D eigenvalue weighted by Crippen LogP contribution is -2.21. The monoisotopic (exact) mass is 418 g/mol. The zero-order valence-corrected chi connectivity index (χ0v) is 16.3. The zero-order chi connectivity index (χ0) is 20.8. The second-order valence-corrected chi connectivity index (χ2v) is 7.55. The number of fused-ring (bicyclic) bond motifs is 3. The summed E-state index contributed by atoms with van der Waals surface area (Å²) < 4.78 is 11.4. The number of Topliss-reactive ketones (excluding diaryl/α,β-unsaturated/α-hetero) is 1.